The first kappa shape index (κ1) is 16.9. The highest BCUT2D eigenvalue weighted by molar-refractivity contribution is 5.88. The zero-order chi connectivity index (χ0) is 15.0. The number of hydrogen-bond acceptors (Lipinski definition) is 4. The summed E-state index contributed by atoms with van der Waals surface area (Å²) in [4.78, 5) is 23.8. The summed E-state index contributed by atoms with van der Waals surface area (Å²) in [7, 11) is 1.58. The van der Waals surface area contributed by atoms with Gasteiger partial charge in [-0.25, -0.2) is 0 Å². The highest BCUT2D eigenvalue weighted by atomic mass is 16.5. The van der Waals surface area contributed by atoms with Crippen LogP contribution >= 0.6 is 0 Å². The first-order chi connectivity index (χ1) is 9.58. The predicted molar refractivity (Wildman–Crippen MR) is 77.0 cm³/mol. The summed E-state index contributed by atoms with van der Waals surface area (Å²) >= 11 is 0. The van der Waals surface area contributed by atoms with Gasteiger partial charge in [-0.05, 0) is 45.1 Å². The molecule has 0 bridgehead atoms. The number of hydrogen-bond donors (Lipinski definition) is 3. The smallest absolute Gasteiger partial charge is 0.242 e. The average molecular weight is 285 g/mol. The zero-order valence-electron chi connectivity index (χ0n) is 12.5. The molecule has 0 aromatic heterocycles. The zero-order valence-corrected chi connectivity index (χ0v) is 12.5. The Kier molecular flexibility index (Phi) is 7.54. The van der Waals surface area contributed by atoms with Crippen LogP contribution in [-0.2, 0) is 14.3 Å². The quantitative estimate of drug-likeness (QED) is 0.575. The van der Waals surface area contributed by atoms with Gasteiger partial charge in [0.25, 0.3) is 0 Å². The Morgan fingerprint density at radius 2 is 1.95 bits per heavy atom. The van der Waals surface area contributed by atoms with Gasteiger partial charge in [0.2, 0.25) is 11.8 Å². The first-order valence-electron chi connectivity index (χ1n) is 7.35. The predicted octanol–water partition coefficient (Wildman–Crippen LogP) is 0.0188. The van der Waals surface area contributed by atoms with Crippen LogP contribution < -0.4 is 16.4 Å². The Hall–Kier alpha value is -1.14. The van der Waals surface area contributed by atoms with E-state index in [1.807, 2.05) is 0 Å². The first-order valence-corrected chi connectivity index (χ1v) is 7.35. The van der Waals surface area contributed by atoms with Crippen molar-refractivity contribution in [3.8, 4) is 0 Å². The third-order valence-corrected chi connectivity index (χ3v) is 3.91. The van der Waals surface area contributed by atoms with E-state index in [2.05, 4.69) is 10.6 Å². The number of methoxy groups -OCH3 is 1. The van der Waals surface area contributed by atoms with E-state index in [0.717, 1.165) is 25.7 Å². The van der Waals surface area contributed by atoms with Crippen molar-refractivity contribution in [1.82, 2.24) is 10.6 Å². The summed E-state index contributed by atoms with van der Waals surface area (Å²) in [6, 6.07) is -0.508. The van der Waals surface area contributed by atoms with Crippen LogP contribution in [0.4, 0.5) is 0 Å². The molecule has 1 unspecified atom stereocenters. The Bertz CT molecular complexity index is 315. The Balaban J connectivity index is 2.29. The van der Waals surface area contributed by atoms with Crippen LogP contribution in [0.5, 0.6) is 0 Å². The number of carbonyl (C=O) groups is 2. The maximum absolute atomic E-state index is 12.1. The molecule has 2 amide bonds. The number of rotatable bonds is 7. The van der Waals surface area contributed by atoms with E-state index in [-0.39, 0.29) is 17.7 Å². The van der Waals surface area contributed by atoms with Gasteiger partial charge in [-0.3, -0.25) is 9.59 Å². The molecular formula is C14H27N3O3. The molecule has 116 valence electrons. The SMILES string of the molecule is COCCNC(=O)C(C)NC(=O)C1CCC(CN)CC1. The standard InChI is InChI=1S/C14H27N3O3/c1-10(13(18)16-7-8-20-2)17-14(19)12-5-3-11(9-15)4-6-12/h10-12H,3-9,15H2,1-2H3,(H,16,18)(H,17,19). The summed E-state index contributed by atoms with van der Waals surface area (Å²) in [5.41, 5.74) is 5.64. The lowest BCUT2D eigenvalue weighted by Gasteiger charge is -2.27. The second kappa shape index (κ2) is 8.92. The molecule has 0 heterocycles. The highest BCUT2D eigenvalue weighted by Crippen LogP contribution is 2.28. The topological polar surface area (TPSA) is 93.5 Å². The number of nitrogens with two attached hydrogens (primary N) is 1. The van der Waals surface area contributed by atoms with Gasteiger partial charge < -0.3 is 21.1 Å². The molecule has 20 heavy (non-hydrogen) atoms. The summed E-state index contributed by atoms with van der Waals surface area (Å²) < 4.78 is 4.86. The van der Waals surface area contributed by atoms with Crippen molar-refractivity contribution < 1.29 is 14.3 Å². The summed E-state index contributed by atoms with van der Waals surface area (Å²) in [6.45, 7) is 3.32. The minimum atomic E-state index is -0.508. The minimum Gasteiger partial charge on any atom is -0.383 e. The van der Waals surface area contributed by atoms with E-state index in [0.29, 0.717) is 25.6 Å². The molecule has 1 fully saturated rings. The molecule has 1 aliphatic rings. The molecule has 1 atom stereocenters. The number of ether oxygens (including phenoxy) is 1. The normalized spacial score (nSPS) is 23.9. The van der Waals surface area contributed by atoms with Gasteiger partial charge in [0.05, 0.1) is 6.61 Å². The highest BCUT2D eigenvalue weighted by Gasteiger charge is 2.27. The molecule has 0 spiro atoms. The molecule has 1 saturated carbocycles. The van der Waals surface area contributed by atoms with Crippen LogP contribution in [0.1, 0.15) is 32.6 Å². The molecular weight excluding hydrogens is 258 g/mol. The third kappa shape index (κ3) is 5.46. The van der Waals surface area contributed by atoms with Gasteiger partial charge in [0.15, 0.2) is 0 Å². The number of nitrogens with one attached hydrogen (secondary N) is 2. The fraction of sp³-hybridized carbons (Fsp3) is 0.857. The van der Waals surface area contributed by atoms with Gasteiger partial charge in [0, 0.05) is 19.6 Å². The molecule has 0 aromatic rings. The van der Waals surface area contributed by atoms with E-state index in [1.54, 1.807) is 14.0 Å². The molecule has 0 saturated heterocycles. The molecule has 4 N–H and O–H groups in total. The van der Waals surface area contributed by atoms with Crippen LogP contribution in [0.3, 0.4) is 0 Å². The van der Waals surface area contributed by atoms with Gasteiger partial charge in [-0.1, -0.05) is 0 Å². The van der Waals surface area contributed by atoms with Gasteiger partial charge in [-0.15, -0.1) is 0 Å². The Morgan fingerprint density at radius 1 is 1.30 bits per heavy atom. The van der Waals surface area contributed by atoms with E-state index in [1.165, 1.54) is 0 Å². The molecule has 6 heteroatoms. The minimum absolute atomic E-state index is 0.0186. The van der Waals surface area contributed by atoms with Crippen LogP contribution in [0.25, 0.3) is 0 Å². The third-order valence-electron chi connectivity index (χ3n) is 3.91. The van der Waals surface area contributed by atoms with Gasteiger partial charge in [0.1, 0.15) is 6.04 Å². The van der Waals surface area contributed by atoms with Crippen molar-refractivity contribution in [3.63, 3.8) is 0 Å². The molecule has 6 nitrogen and oxygen atoms in total. The lowest BCUT2D eigenvalue weighted by Crippen LogP contribution is -2.47. The molecule has 0 radical (unpaired) electrons. The molecule has 0 aliphatic heterocycles. The average Bonchev–Trinajstić information content (AvgIpc) is 2.47. The van der Waals surface area contributed by atoms with E-state index < -0.39 is 6.04 Å². The van der Waals surface area contributed by atoms with Gasteiger partial charge >= 0.3 is 0 Å². The van der Waals surface area contributed by atoms with Crippen molar-refractivity contribution in [1.29, 1.82) is 0 Å². The fourth-order valence-electron chi connectivity index (χ4n) is 2.49. The van der Waals surface area contributed by atoms with Crippen molar-refractivity contribution in [3.05, 3.63) is 0 Å². The van der Waals surface area contributed by atoms with Crippen LogP contribution in [-0.4, -0.2) is 44.7 Å². The summed E-state index contributed by atoms with van der Waals surface area (Å²) in [5, 5.41) is 5.50. The van der Waals surface area contributed by atoms with Crippen molar-refractivity contribution >= 4 is 11.8 Å². The monoisotopic (exact) mass is 285 g/mol. The summed E-state index contributed by atoms with van der Waals surface area (Å²) in [5.74, 6) is 0.377. The Labute approximate surface area is 120 Å². The summed E-state index contributed by atoms with van der Waals surface area (Å²) in [6.07, 6.45) is 3.74. The number of amides is 2. The van der Waals surface area contributed by atoms with Crippen LogP contribution in [0.2, 0.25) is 0 Å². The lowest BCUT2D eigenvalue weighted by atomic mass is 9.81. The lowest BCUT2D eigenvalue weighted by molar-refractivity contribution is -0.131. The van der Waals surface area contributed by atoms with Crippen molar-refractivity contribution in [2.24, 2.45) is 17.6 Å². The maximum atomic E-state index is 12.1. The van der Waals surface area contributed by atoms with E-state index >= 15 is 0 Å². The fourth-order valence-corrected chi connectivity index (χ4v) is 2.49. The number of carbonyl (C=O) groups excluding carboxylic acids is 2. The van der Waals surface area contributed by atoms with Crippen molar-refractivity contribution in [2.45, 2.75) is 38.6 Å². The Morgan fingerprint density at radius 3 is 2.50 bits per heavy atom. The largest absolute Gasteiger partial charge is 0.383 e. The van der Waals surface area contributed by atoms with Gasteiger partial charge in [-0.2, -0.15) is 0 Å². The molecule has 0 aromatic carbocycles. The molecule has 1 rings (SSSR count). The van der Waals surface area contributed by atoms with Crippen molar-refractivity contribution in [2.75, 3.05) is 26.8 Å². The second-order valence-corrected chi connectivity index (χ2v) is 5.47. The van der Waals surface area contributed by atoms with Crippen LogP contribution in [0.15, 0.2) is 0 Å². The molecule has 1 aliphatic carbocycles. The maximum Gasteiger partial charge on any atom is 0.242 e. The van der Waals surface area contributed by atoms with E-state index in [4.69, 9.17) is 10.5 Å². The van der Waals surface area contributed by atoms with E-state index in [9.17, 15) is 9.59 Å². The second-order valence-electron chi connectivity index (χ2n) is 5.47. The van der Waals surface area contributed by atoms with Crippen LogP contribution in [0, 0.1) is 11.8 Å².